The van der Waals surface area contributed by atoms with Crippen LogP contribution in [0.4, 0.5) is 0 Å². The van der Waals surface area contributed by atoms with Crippen molar-refractivity contribution in [3.05, 3.63) is 35.4 Å². The van der Waals surface area contributed by atoms with Gasteiger partial charge >= 0.3 is 0 Å². The minimum atomic E-state index is -0.0558. The maximum Gasteiger partial charge on any atom is 0.251 e. The molecule has 0 heterocycles. The zero-order chi connectivity index (χ0) is 15.8. The number of hydrogen-bond donors (Lipinski definition) is 2. The molecule has 0 saturated heterocycles. The van der Waals surface area contributed by atoms with E-state index < -0.39 is 0 Å². The summed E-state index contributed by atoms with van der Waals surface area (Å²) in [5.74, 6) is 0.361. The van der Waals surface area contributed by atoms with Crippen LogP contribution in [-0.4, -0.2) is 17.9 Å². The van der Waals surface area contributed by atoms with Crippen molar-refractivity contribution in [1.29, 1.82) is 0 Å². The molecule has 0 radical (unpaired) electrons. The second kappa shape index (κ2) is 8.45. The highest BCUT2D eigenvalue weighted by Gasteiger charge is 2.08. The summed E-state index contributed by atoms with van der Waals surface area (Å²) in [6.45, 7) is 8.55. The lowest BCUT2D eigenvalue weighted by atomic mass is 10.1. The lowest BCUT2D eigenvalue weighted by molar-refractivity contribution is -0.121. The third kappa shape index (κ3) is 6.43. The molecule has 1 aromatic carbocycles. The van der Waals surface area contributed by atoms with Crippen molar-refractivity contribution >= 4 is 11.8 Å². The highest BCUT2D eigenvalue weighted by atomic mass is 16.2. The molecule has 0 aromatic heterocycles. The summed E-state index contributed by atoms with van der Waals surface area (Å²) in [6, 6.07) is 7.51. The minimum Gasteiger partial charge on any atom is -0.352 e. The van der Waals surface area contributed by atoms with Gasteiger partial charge in [0.2, 0.25) is 5.91 Å². The van der Waals surface area contributed by atoms with E-state index in [0.29, 0.717) is 24.4 Å². The van der Waals surface area contributed by atoms with Gasteiger partial charge in [0.15, 0.2) is 0 Å². The Labute approximate surface area is 127 Å². The molecule has 1 aromatic rings. The SMILES string of the molecule is CCC(C)NC(=O)c1ccc(CNC(=O)CC(C)C)cc1. The maximum atomic E-state index is 11.9. The summed E-state index contributed by atoms with van der Waals surface area (Å²) in [4.78, 5) is 23.5. The quantitative estimate of drug-likeness (QED) is 0.811. The fraction of sp³-hybridized carbons (Fsp3) is 0.529. The van der Waals surface area contributed by atoms with Crippen LogP contribution in [0.1, 0.15) is 56.5 Å². The molecule has 0 saturated carbocycles. The van der Waals surface area contributed by atoms with Gasteiger partial charge in [-0.2, -0.15) is 0 Å². The first-order valence-electron chi connectivity index (χ1n) is 7.58. The van der Waals surface area contributed by atoms with E-state index in [0.717, 1.165) is 12.0 Å². The number of carbonyl (C=O) groups excluding carboxylic acids is 2. The van der Waals surface area contributed by atoms with Crippen LogP contribution in [-0.2, 0) is 11.3 Å². The Hall–Kier alpha value is -1.84. The zero-order valence-electron chi connectivity index (χ0n) is 13.4. The highest BCUT2D eigenvalue weighted by molar-refractivity contribution is 5.94. The van der Waals surface area contributed by atoms with Crippen LogP contribution < -0.4 is 10.6 Å². The third-order valence-electron chi connectivity index (χ3n) is 3.29. The predicted octanol–water partition coefficient (Wildman–Crippen LogP) is 2.88. The van der Waals surface area contributed by atoms with E-state index in [4.69, 9.17) is 0 Å². The number of rotatable bonds is 7. The van der Waals surface area contributed by atoms with E-state index in [1.807, 2.05) is 39.8 Å². The maximum absolute atomic E-state index is 11.9. The number of benzene rings is 1. The summed E-state index contributed by atoms with van der Waals surface area (Å²) in [6.07, 6.45) is 1.45. The van der Waals surface area contributed by atoms with Gasteiger partial charge in [0.25, 0.3) is 5.91 Å². The van der Waals surface area contributed by atoms with Gasteiger partial charge in [-0.3, -0.25) is 9.59 Å². The van der Waals surface area contributed by atoms with Crippen molar-refractivity contribution < 1.29 is 9.59 Å². The fourth-order valence-corrected chi connectivity index (χ4v) is 1.83. The molecule has 0 spiro atoms. The molecule has 1 atom stereocenters. The van der Waals surface area contributed by atoms with Gasteiger partial charge in [-0.15, -0.1) is 0 Å². The zero-order valence-corrected chi connectivity index (χ0v) is 13.4. The molecule has 0 bridgehead atoms. The van der Waals surface area contributed by atoms with Gasteiger partial charge in [0.1, 0.15) is 0 Å². The summed E-state index contributed by atoms with van der Waals surface area (Å²) in [5.41, 5.74) is 1.64. The van der Waals surface area contributed by atoms with Crippen molar-refractivity contribution in [1.82, 2.24) is 10.6 Å². The molecule has 21 heavy (non-hydrogen) atoms. The van der Waals surface area contributed by atoms with Crippen LogP contribution >= 0.6 is 0 Å². The van der Waals surface area contributed by atoms with Crippen LogP contribution in [0.15, 0.2) is 24.3 Å². The van der Waals surface area contributed by atoms with Crippen molar-refractivity contribution in [3.63, 3.8) is 0 Å². The van der Waals surface area contributed by atoms with Gasteiger partial charge in [0.05, 0.1) is 0 Å². The molecule has 4 heteroatoms. The molecule has 2 amide bonds. The summed E-state index contributed by atoms with van der Waals surface area (Å²) in [7, 11) is 0. The number of amides is 2. The summed E-state index contributed by atoms with van der Waals surface area (Å²) in [5, 5.41) is 5.81. The van der Waals surface area contributed by atoms with Gasteiger partial charge in [0, 0.05) is 24.6 Å². The van der Waals surface area contributed by atoms with Gasteiger partial charge in [-0.25, -0.2) is 0 Å². The molecule has 0 aliphatic rings. The molecule has 0 aliphatic heterocycles. The Bertz CT molecular complexity index is 466. The Morgan fingerprint density at radius 2 is 1.71 bits per heavy atom. The molecule has 116 valence electrons. The molecular weight excluding hydrogens is 264 g/mol. The van der Waals surface area contributed by atoms with Crippen molar-refractivity contribution in [2.75, 3.05) is 0 Å². The first-order valence-corrected chi connectivity index (χ1v) is 7.58. The van der Waals surface area contributed by atoms with E-state index in [-0.39, 0.29) is 17.9 Å². The van der Waals surface area contributed by atoms with Crippen molar-refractivity contribution in [2.24, 2.45) is 5.92 Å². The Morgan fingerprint density at radius 3 is 2.24 bits per heavy atom. The first kappa shape index (κ1) is 17.2. The smallest absolute Gasteiger partial charge is 0.251 e. The molecule has 4 nitrogen and oxygen atoms in total. The van der Waals surface area contributed by atoms with Gasteiger partial charge in [-0.05, 0) is 37.0 Å². The normalized spacial score (nSPS) is 12.0. The lowest BCUT2D eigenvalue weighted by Crippen LogP contribution is -2.31. The van der Waals surface area contributed by atoms with Gasteiger partial charge in [-0.1, -0.05) is 32.9 Å². The molecule has 0 aliphatic carbocycles. The average molecular weight is 290 g/mol. The fourth-order valence-electron chi connectivity index (χ4n) is 1.83. The second-order valence-electron chi connectivity index (χ2n) is 5.85. The minimum absolute atomic E-state index is 0.0558. The highest BCUT2D eigenvalue weighted by Crippen LogP contribution is 2.06. The lowest BCUT2D eigenvalue weighted by Gasteiger charge is -2.12. The topological polar surface area (TPSA) is 58.2 Å². The second-order valence-corrected chi connectivity index (χ2v) is 5.85. The number of carbonyl (C=O) groups is 2. The number of hydrogen-bond acceptors (Lipinski definition) is 2. The van der Waals surface area contributed by atoms with E-state index in [1.54, 1.807) is 12.1 Å². The van der Waals surface area contributed by atoms with E-state index >= 15 is 0 Å². The largest absolute Gasteiger partial charge is 0.352 e. The summed E-state index contributed by atoms with van der Waals surface area (Å²) < 4.78 is 0. The van der Waals surface area contributed by atoms with Crippen LogP contribution in [0.2, 0.25) is 0 Å². The third-order valence-corrected chi connectivity index (χ3v) is 3.29. The Morgan fingerprint density at radius 1 is 1.10 bits per heavy atom. The van der Waals surface area contributed by atoms with E-state index in [9.17, 15) is 9.59 Å². The van der Waals surface area contributed by atoms with Crippen LogP contribution in [0.3, 0.4) is 0 Å². The predicted molar refractivity (Wildman–Crippen MR) is 85.0 cm³/mol. The van der Waals surface area contributed by atoms with Crippen LogP contribution in [0.5, 0.6) is 0 Å². The molecular formula is C17H26N2O2. The standard InChI is InChI=1S/C17H26N2O2/c1-5-13(4)19-17(21)15-8-6-14(7-9-15)11-18-16(20)10-12(2)3/h6-9,12-13H,5,10-11H2,1-4H3,(H,18,20)(H,19,21). The van der Waals surface area contributed by atoms with Crippen LogP contribution in [0.25, 0.3) is 0 Å². The molecule has 1 unspecified atom stereocenters. The van der Waals surface area contributed by atoms with Crippen molar-refractivity contribution in [3.8, 4) is 0 Å². The molecule has 1 rings (SSSR count). The summed E-state index contributed by atoms with van der Waals surface area (Å²) >= 11 is 0. The number of nitrogens with one attached hydrogen (secondary N) is 2. The molecule has 0 fully saturated rings. The molecule has 2 N–H and O–H groups in total. The van der Waals surface area contributed by atoms with Crippen molar-refractivity contribution in [2.45, 2.75) is 53.1 Å². The van der Waals surface area contributed by atoms with E-state index in [1.165, 1.54) is 0 Å². The average Bonchev–Trinajstić information content (AvgIpc) is 2.44. The van der Waals surface area contributed by atoms with Crippen LogP contribution in [0, 0.1) is 5.92 Å². The van der Waals surface area contributed by atoms with E-state index in [2.05, 4.69) is 10.6 Å². The first-order chi connectivity index (χ1) is 9.92. The monoisotopic (exact) mass is 290 g/mol. The Kier molecular flexibility index (Phi) is 6.92. The van der Waals surface area contributed by atoms with Gasteiger partial charge < -0.3 is 10.6 Å². The Balaban J connectivity index is 2.50.